The second kappa shape index (κ2) is 7.69. The van der Waals surface area contributed by atoms with Crippen LogP contribution in [-0.4, -0.2) is 15.3 Å². The molecule has 0 saturated carbocycles. The molecule has 0 saturated heterocycles. The molecule has 4 rings (SSSR count). The van der Waals surface area contributed by atoms with Crippen LogP contribution < -0.4 is 5.56 Å². The summed E-state index contributed by atoms with van der Waals surface area (Å²) in [5.41, 5.74) is 2.67. The van der Waals surface area contributed by atoms with Gasteiger partial charge in [0.2, 0.25) is 0 Å². The van der Waals surface area contributed by atoms with Crippen LogP contribution in [0.3, 0.4) is 0 Å². The van der Waals surface area contributed by atoms with Crippen molar-refractivity contribution in [2.75, 3.05) is 5.75 Å². The van der Waals surface area contributed by atoms with Crippen molar-refractivity contribution in [1.82, 2.24) is 9.55 Å². The summed E-state index contributed by atoms with van der Waals surface area (Å²) >= 11 is 15.4. The molecule has 3 nitrogen and oxygen atoms in total. The van der Waals surface area contributed by atoms with Crippen LogP contribution in [-0.2, 0) is 12.2 Å². The first kappa shape index (κ1) is 18.0. The predicted molar refractivity (Wildman–Crippen MR) is 110 cm³/mol. The van der Waals surface area contributed by atoms with E-state index in [0.717, 1.165) is 39.0 Å². The van der Waals surface area contributed by atoms with E-state index in [2.05, 4.69) is 0 Å². The number of aryl methyl sites for hydroxylation is 1. The average molecular weight is 421 g/mol. The zero-order valence-electron chi connectivity index (χ0n) is 13.6. The third kappa shape index (κ3) is 3.54. The maximum absolute atomic E-state index is 13.1. The van der Waals surface area contributed by atoms with E-state index in [0.29, 0.717) is 15.9 Å². The summed E-state index contributed by atoms with van der Waals surface area (Å²) < 4.78 is 1.68. The van der Waals surface area contributed by atoms with Crippen molar-refractivity contribution < 1.29 is 0 Å². The molecule has 0 amide bonds. The molecule has 0 atom stereocenters. The Labute approximate surface area is 169 Å². The molecule has 132 valence electrons. The first-order valence-corrected chi connectivity index (χ1v) is 10.8. The van der Waals surface area contributed by atoms with E-state index in [1.807, 2.05) is 36.4 Å². The average Bonchev–Trinajstić information content (AvgIpc) is 3.11. The summed E-state index contributed by atoms with van der Waals surface area (Å²) in [5, 5.41) is 2.03. The maximum atomic E-state index is 13.1. The Balaban J connectivity index is 1.78. The summed E-state index contributed by atoms with van der Waals surface area (Å²) in [7, 11) is 0. The van der Waals surface area contributed by atoms with Gasteiger partial charge in [-0.1, -0.05) is 53.2 Å². The lowest BCUT2D eigenvalue weighted by Gasteiger charge is -2.14. The Hall–Kier alpha value is -1.40. The Bertz CT molecular complexity index is 1020. The monoisotopic (exact) mass is 420 g/mol. The largest absolute Gasteiger partial charge is 0.272 e. The Kier molecular flexibility index (Phi) is 5.32. The molecule has 2 aromatic carbocycles. The highest BCUT2D eigenvalue weighted by atomic mass is 35.5. The second-order valence-electron chi connectivity index (χ2n) is 5.77. The van der Waals surface area contributed by atoms with Crippen molar-refractivity contribution in [3.63, 3.8) is 0 Å². The lowest BCUT2D eigenvalue weighted by atomic mass is 10.2. The second-order valence-corrected chi connectivity index (χ2v) is 8.66. The molecule has 0 N–H and O–H groups in total. The molecule has 0 radical (unpaired) electrons. The van der Waals surface area contributed by atoms with Gasteiger partial charge in [-0.2, -0.15) is 0 Å². The van der Waals surface area contributed by atoms with Gasteiger partial charge in [0, 0.05) is 28.0 Å². The smallest absolute Gasteiger partial charge is 0.268 e. The molecule has 1 aliphatic rings. The fourth-order valence-corrected chi connectivity index (χ4v) is 5.23. The molecule has 0 aliphatic carbocycles. The quantitative estimate of drug-likeness (QED) is 0.413. The molecular formula is C19H14Cl2N2OS2. The van der Waals surface area contributed by atoms with Crippen LogP contribution in [0.2, 0.25) is 10.0 Å². The van der Waals surface area contributed by atoms with Gasteiger partial charge in [-0.25, -0.2) is 4.98 Å². The lowest BCUT2D eigenvalue weighted by Crippen LogP contribution is -2.23. The number of hydrogen-bond acceptors (Lipinski definition) is 4. The summed E-state index contributed by atoms with van der Waals surface area (Å²) in [4.78, 5) is 18.6. The normalized spacial score (nSPS) is 13.0. The molecule has 1 aliphatic heterocycles. The van der Waals surface area contributed by atoms with Gasteiger partial charge in [0.25, 0.3) is 5.56 Å². The number of benzene rings is 2. The number of fused-ring (bicyclic) bond motifs is 1. The summed E-state index contributed by atoms with van der Waals surface area (Å²) in [6, 6.07) is 15.0. The van der Waals surface area contributed by atoms with E-state index in [4.69, 9.17) is 28.2 Å². The van der Waals surface area contributed by atoms with Gasteiger partial charge in [0.1, 0.15) is 0 Å². The fourth-order valence-electron chi connectivity index (χ4n) is 2.76. The minimum atomic E-state index is -0.0125. The molecular weight excluding hydrogens is 407 g/mol. The number of hydrogen-bond donors (Lipinski definition) is 0. The number of nitrogens with zero attached hydrogens (tertiary/aromatic N) is 2. The summed E-state index contributed by atoms with van der Waals surface area (Å²) in [6.45, 7) is 0. The van der Waals surface area contributed by atoms with Crippen LogP contribution in [0.5, 0.6) is 0 Å². The number of halogens is 2. The SMILES string of the molecule is O=c1c2c(nc(SCc3ccccc3Cl)n1-c1ccc(Cl)cc1)CCS2. The highest BCUT2D eigenvalue weighted by Crippen LogP contribution is 2.32. The Morgan fingerprint density at radius 3 is 2.65 bits per heavy atom. The van der Waals surface area contributed by atoms with Crippen LogP contribution in [0.1, 0.15) is 11.3 Å². The lowest BCUT2D eigenvalue weighted by molar-refractivity contribution is 0.739. The van der Waals surface area contributed by atoms with Gasteiger partial charge in [-0.15, -0.1) is 11.8 Å². The number of aromatic nitrogens is 2. The highest BCUT2D eigenvalue weighted by Gasteiger charge is 2.22. The van der Waals surface area contributed by atoms with Gasteiger partial charge < -0.3 is 0 Å². The maximum Gasteiger partial charge on any atom is 0.272 e. The van der Waals surface area contributed by atoms with Crippen LogP contribution >= 0.6 is 46.7 Å². The first-order valence-electron chi connectivity index (χ1n) is 8.04. The minimum absolute atomic E-state index is 0.0125. The van der Waals surface area contributed by atoms with Crippen molar-refractivity contribution in [2.24, 2.45) is 0 Å². The van der Waals surface area contributed by atoms with E-state index in [1.54, 1.807) is 28.5 Å². The van der Waals surface area contributed by atoms with E-state index in [-0.39, 0.29) is 5.56 Å². The van der Waals surface area contributed by atoms with Gasteiger partial charge in [-0.3, -0.25) is 9.36 Å². The Morgan fingerprint density at radius 2 is 1.88 bits per heavy atom. The van der Waals surface area contributed by atoms with E-state index >= 15 is 0 Å². The van der Waals surface area contributed by atoms with E-state index in [9.17, 15) is 4.79 Å². The first-order chi connectivity index (χ1) is 12.6. The zero-order chi connectivity index (χ0) is 18.1. The topological polar surface area (TPSA) is 34.9 Å². The molecule has 0 unspecified atom stereocenters. The van der Waals surface area contributed by atoms with Crippen molar-refractivity contribution in [3.05, 3.63) is 80.2 Å². The molecule has 0 bridgehead atoms. The van der Waals surface area contributed by atoms with Crippen molar-refractivity contribution in [1.29, 1.82) is 0 Å². The predicted octanol–water partition coefficient (Wildman–Crippen LogP) is 5.48. The molecule has 7 heteroatoms. The molecule has 2 heterocycles. The third-order valence-corrected chi connectivity index (χ3v) is 6.78. The molecule has 26 heavy (non-hydrogen) atoms. The highest BCUT2D eigenvalue weighted by molar-refractivity contribution is 7.99. The minimum Gasteiger partial charge on any atom is -0.268 e. The number of rotatable bonds is 4. The molecule has 0 spiro atoms. The fraction of sp³-hybridized carbons (Fsp3) is 0.158. The number of thioether (sulfide) groups is 2. The van der Waals surface area contributed by atoms with Crippen LogP contribution in [0.25, 0.3) is 5.69 Å². The summed E-state index contributed by atoms with van der Waals surface area (Å²) in [6.07, 6.45) is 0.830. The van der Waals surface area contributed by atoms with Gasteiger partial charge in [-0.05, 0) is 35.9 Å². The third-order valence-electron chi connectivity index (χ3n) is 4.07. The standard InChI is InChI=1S/C19H14Cl2N2OS2/c20-13-5-7-14(8-6-13)23-18(24)17-16(9-10-25-17)22-19(23)26-11-12-3-1-2-4-15(12)21/h1-8H,9-11H2. The van der Waals surface area contributed by atoms with E-state index < -0.39 is 0 Å². The van der Waals surface area contributed by atoms with Crippen molar-refractivity contribution in [3.8, 4) is 5.69 Å². The zero-order valence-corrected chi connectivity index (χ0v) is 16.8. The molecule has 0 fully saturated rings. The van der Waals surface area contributed by atoms with Crippen molar-refractivity contribution in [2.45, 2.75) is 22.2 Å². The van der Waals surface area contributed by atoms with E-state index in [1.165, 1.54) is 11.8 Å². The molecule has 3 aromatic rings. The van der Waals surface area contributed by atoms with Gasteiger partial charge in [0.05, 0.1) is 16.3 Å². The van der Waals surface area contributed by atoms with Crippen LogP contribution in [0.4, 0.5) is 0 Å². The van der Waals surface area contributed by atoms with Crippen LogP contribution in [0.15, 0.2) is 63.4 Å². The van der Waals surface area contributed by atoms with Crippen molar-refractivity contribution >= 4 is 46.7 Å². The van der Waals surface area contributed by atoms with Gasteiger partial charge >= 0.3 is 0 Å². The van der Waals surface area contributed by atoms with Crippen LogP contribution in [0, 0.1) is 0 Å². The Morgan fingerprint density at radius 1 is 1.12 bits per heavy atom. The van der Waals surface area contributed by atoms with Gasteiger partial charge in [0.15, 0.2) is 5.16 Å². The summed E-state index contributed by atoms with van der Waals surface area (Å²) in [5.74, 6) is 1.54. The molecule has 1 aromatic heterocycles.